The molecule has 8 aromatic rings. The van der Waals surface area contributed by atoms with Crippen molar-refractivity contribution < 1.29 is 113 Å². The van der Waals surface area contributed by atoms with Crippen LogP contribution in [0.15, 0.2) is 235 Å². The first kappa shape index (κ1) is 76.5. The Kier molecular flexibility index (Phi) is 35.2. The molecule has 0 aromatic heterocycles. The Bertz CT molecular complexity index is 2970. The van der Waals surface area contributed by atoms with Gasteiger partial charge in [0.2, 0.25) is 0 Å². The van der Waals surface area contributed by atoms with Crippen molar-refractivity contribution in [2.75, 3.05) is 0 Å². The number of nitrogens with zero attached hydrogens (tertiary/aromatic N) is 8. The van der Waals surface area contributed by atoms with Crippen molar-refractivity contribution in [3.8, 4) is 46.0 Å². The molecule has 85 heavy (non-hydrogen) atoms. The summed E-state index contributed by atoms with van der Waals surface area (Å²) in [4.78, 5) is 0. The van der Waals surface area contributed by atoms with E-state index in [0.29, 0.717) is 90.2 Å². The summed E-state index contributed by atoms with van der Waals surface area (Å²) in [6.07, 6.45) is 0. The average Bonchev–Trinajstić information content (AvgIpc) is 3.47. The van der Waals surface area contributed by atoms with Crippen molar-refractivity contribution in [1.82, 2.24) is 0 Å². The van der Waals surface area contributed by atoms with E-state index in [1.54, 1.807) is 201 Å². The third-order valence-corrected chi connectivity index (χ3v) is 11.6. The maximum atomic E-state index is 11.7. The van der Waals surface area contributed by atoms with Crippen molar-refractivity contribution >= 4 is 45.7 Å². The number of hydrogen-bond donors (Lipinski definition) is 0. The first-order valence-corrected chi connectivity index (χ1v) is 24.8. The van der Waals surface area contributed by atoms with Gasteiger partial charge in [-0.15, -0.1) is 0 Å². The minimum Gasteiger partial charge on any atom is -0.872 e. The van der Waals surface area contributed by atoms with E-state index in [9.17, 15) is 40.9 Å². The average molecular weight is 1320 g/mol. The topological polar surface area (TPSA) is 315 Å². The molecule has 0 fully saturated rings. The molecular weight excluding hydrogens is 1260 g/mol. The Morgan fingerprint density at radius 1 is 0.188 bits per heavy atom. The van der Waals surface area contributed by atoms with Gasteiger partial charge in [0.1, 0.15) is 0 Å². The normalized spacial score (nSPS) is 11.8. The standard InChI is InChI=1S/4C16H16N2O2.4Co.H2O/c4*1-11(13-7-3-5-9-15(13)19)17-18-12(2)14-8-4-6-10-16(14)20;;;;;/h4*3-10,19-20H,1-2H3;;;;;1H2/q;;;;4*+2;/p-8/b4*17-11+,18-12+;;;;;. The maximum Gasteiger partial charge on any atom is 2.00 e. The van der Waals surface area contributed by atoms with E-state index >= 15 is 0 Å². The van der Waals surface area contributed by atoms with Crippen LogP contribution in [0, 0.1) is 0 Å². The summed E-state index contributed by atoms with van der Waals surface area (Å²) in [5.41, 5.74) is 8.32. The van der Waals surface area contributed by atoms with E-state index in [2.05, 4.69) is 40.8 Å². The fourth-order valence-electron chi connectivity index (χ4n) is 7.16. The zero-order valence-electron chi connectivity index (χ0n) is 47.2. The molecule has 0 aliphatic rings. The first-order chi connectivity index (χ1) is 38.4. The van der Waals surface area contributed by atoms with E-state index in [4.69, 9.17) is 0 Å². The maximum absolute atomic E-state index is 11.7. The van der Waals surface area contributed by atoms with Gasteiger partial charge in [0.15, 0.2) is 0 Å². The van der Waals surface area contributed by atoms with Crippen LogP contribution in [0.3, 0.4) is 0 Å². The molecule has 444 valence electrons. The SMILES string of the molecule is C/C(=N\N=C(/C)c1ccccc1[O-])c1ccccc1[O-].C/C(=N\N=C(/C)c1ccccc1[O-])c1ccccc1[O-].C/C(=N\N=C(/C)c1ccccc1[O-])c1ccccc1[O-].C/C(=N\N=C(/C)c1ccccc1[O-])c1ccccc1[O-].O.[Co+2].[Co+2].[Co+2].[Co+2]. The summed E-state index contributed by atoms with van der Waals surface area (Å²) in [5, 5.41) is 126. The second kappa shape index (κ2) is 39.1. The molecule has 0 unspecified atom stereocenters. The predicted octanol–water partition coefficient (Wildman–Crippen LogP) is 7.43. The van der Waals surface area contributed by atoms with Crippen molar-refractivity contribution in [2.24, 2.45) is 40.8 Å². The summed E-state index contributed by atoms with van der Waals surface area (Å²) in [6, 6.07) is 53.2. The van der Waals surface area contributed by atoms with Gasteiger partial charge >= 0.3 is 67.1 Å². The molecule has 8 rings (SSSR count). The van der Waals surface area contributed by atoms with Gasteiger partial charge < -0.3 is 46.3 Å². The smallest absolute Gasteiger partial charge is 0.872 e. The van der Waals surface area contributed by atoms with E-state index in [1.807, 2.05) is 0 Å². The van der Waals surface area contributed by atoms with E-state index in [0.717, 1.165) is 0 Å². The molecule has 4 radical (unpaired) electrons. The summed E-state index contributed by atoms with van der Waals surface area (Å²) >= 11 is 0. The molecular formula is C64H58Co4N8O9. The summed E-state index contributed by atoms with van der Waals surface area (Å²) < 4.78 is 0. The van der Waals surface area contributed by atoms with Gasteiger partial charge in [-0.3, -0.25) is 0 Å². The Balaban J connectivity index is 0.00000109. The molecule has 0 aliphatic heterocycles. The van der Waals surface area contributed by atoms with Crippen molar-refractivity contribution in [1.29, 1.82) is 0 Å². The van der Waals surface area contributed by atoms with Gasteiger partial charge in [-0.25, -0.2) is 0 Å². The molecule has 2 N–H and O–H groups in total. The van der Waals surface area contributed by atoms with Crippen LogP contribution in [0.5, 0.6) is 46.0 Å². The summed E-state index contributed by atoms with van der Waals surface area (Å²) in [5.74, 6) is -0.735. The fraction of sp³-hybridized carbons (Fsp3) is 0.125. The van der Waals surface area contributed by atoms with Crippen LogP contribution >= 0.6 is 0 Å². The minimum absolute atomic E-state index is 0. The van der Waals surface area contributed by atoms with Gasteiger partial charge in [-0.1, -0.05) is 240 Å². The van der Waals surface area contributed by atoms with Crippen LogP contribution in [0.2, 0.25) is 0 Å². The number of rotatable bonds is 12. The number of para-hydroxylation sites is 8. The summed E-state index contributed by atoms with van der Waals surface area (Å²) in [7, 11) is 0. The van der Waals surface area contributed by atoms with Crippen molar-refractivity contribution in [2.45, 2.75) is 55.4 Å². The minimum atomic E-state index is -0.0918. The molecule has 0 bridgehead atoms. The molecule has 0 heterocycles. The van der Waals surface area contributed by atoms with Gasteiger partial charge in [-0.2, -0.15) is 40.8 Å². The van der Waals surface area contributed by atoms with Crippen LogP contribution in [-0.2, 0) is 67.1 Å². The summed E-state index contributed by atoms with van der Waals surface area (Å²) in [6.45, 7) is 13.8. The van der Waals surface area contributed by atoms with Crippen LogP contribution in [0.25, 0.3) is 0 Å². The van der Waals surface area contributed by atoms with Crippen LogP contribution in [0.1, 0.15) is 99.9 Å². The van der Waals surface area contributed by atoms with Crippen LogP contribution < -0.4 is 40.9 Å². The van der Waals surface area contributed by atoms with E-state index in [1.165, 1.54) is 48.5 Å². The Morgan fingerprint density at radius 3 is 0.353 bits per heavy atom. The largest absolute Gasteiger partial charge is 2.00 e. The molecule has 0 atom stereocenters. The zero-order valence-corrected chi connectivity index (χ0v) is 51.3. The first-order valence-electron chi connectivity index (χ1n) is 24.8. The molecule has 8 aromatic carbocycles. The fourth-order valence-corrected chi connectivity index (χ4v) is 7.16. The van der Waals surface area contributed by atoms with Gasteiger partial charge in [0, 0.05) is 0 Å². The number of hydrogen-bond acceptors (Lipinski definition) is 16. The van der Waals surface area contributed by atoms with Gasteiger partial charge in [0.05, 0.1) is 45.7 Å². The predicted molar refractivity (Wildman–Crippen MR) is 308 cm³/mol. The Hall–Kier alpha value is -8.49. The van der Waals surface area contributed by atoms with Crippen LogP contribution in [-0.4, -0.2) is 51.2 Å². The second-order valence-corrected chi connectivity index (χ2v) is 17.5. The molecule has 17 nitrogen and oxygen atoms in total. The Morgan fingerprint density at radius 2 is 0.271 bits per heavy atom. The van der Waals surface area contributed by atoms with Gasteiger partial charge in [-0.05, 0) is 99.9 Å². The third kappa shape index (κ3) is 23.6. The molecule has 0 amide bonds. The number of benzene rings is 8. The second-order valence-electron chi connectivity index (χ2n) is 17.5. The quantitative estimate of drug-likeness (QED) is 0.0872. The molecule has 0 saturated heterocycles. The van der Waals surface area contributed by atoms with E-state index < -0.39 is 0 Å². The Labute approximate surface area is 536 Å². The zero-order chi connectivity index (χ0) is 58.1. The molecule has 21 heteroatoms. The van der Waals surface area contributed by atoms with Crippen molar-refractivity contribution in [3.05, 3.63) is 239 Å². The monoisotopic (exact) mass is 1320 g/mol. The molecule has 0 aliphatic carbocycles. The van der Waals surface area contributed by atoms with E-state index in [-0.39, 0.29) is 119 Å². The molecule has 0 saturated carbocycles. The molecule has 0 spiro atoms. The van der Waals surface area contributed by atoms with Crippen molar-refractivity contribution in [3.63, 3.8) is 0 Å². The van der Waals surface area contributed by atoms with Gasteiger partial charge in [0.25, 0.3) is 0 Å². The third-order valence-electron chi connectivity index (χ3n) is 11.6. The van der Waals surface area contributed by atoms with Crippen LogP contribution in [0.4, 0.5) is 0 Å².